The van der Waals surface area contributed by atoms with Crippen LogP contribution in [-0.4, -0.2) is 26.4 Å². The minimum absolute atomic E-state index is 0.145. The highest BCUT2D eigenvalue weighted by Crippen LogP contribution is 2.37. The number of thioether (sulfide) groups is 1. The number of ether oxygens (including phenoxy) is 1. The molecule has 2 aromatic heterocycles. The molecule has 0 saturated heterocycles. The number of anilines is 1. The number of nitriles is 1. The number of fused-ring (bicyclic) bond motifs is 1. The number of benzene rings is 1. The molecule has 10 heteroatoms. The largest absolute Gasteiger partial charge is 0.483 e. The Hall–Kier alpha value is -2.80. The lowest BCUT2D eigenvalue weighted by molar-refractivity contribution is -0.113. The zero-order valence-electron chi connectivity index (χ0n) is 19.4. The average molecular weight is 528 g/mol. The van der Waals surface area contributed by atoms with Gasteiger partial charge in [-0.05, 0) is 56.4 Å². The van der Waals surface area contributed by atoms with Gasteiger partial charge in [0.25, 0.3) is 0 Å². The van der Waals surface area contributed by atoms with Crippen molar-refractivity contribution in [3.8, 4) is 11.8 Å². The number of thiophene rings is 1. The highest BCUT2D eigenvalue weighted by atomic mass is 35.5. The number of halogens is 1. The molecule has 35 heavy (non-hydrogen) atoms. The molecular formula is C25H26ClN5O2S2. The molecule has 0 fully saturated rings. The minimum Gasteiger partial charge on any atom is -0.483 e. The van der Waals surface area contributed by atoms with Gasteiger partial charge >= 0.3 is 0 Å². The number of nitrogens with one attached hydrogen (secondary N) is 1. The van der Waals surface area contributed by atoms with E-state index in [4.69, 9.17) is 16.3 Å². The van der Waals surface area contributed by atoms with Crippen molar-refractivity contribution in [1.82, 2.24) is 14.8 Å². The summed E-state index contributed by atoms with van der Waals surface area (Å²) in [7, 11) is 0. The first-order chi connectivity index (χ1) is 17.0. The Morgan fingerprint density at radius 1 is 1.40 bits per heavy atom. The summed E-state index contributed by atoms with van der Waals surface area (Å²) < 4.78 is 7.88. The number of aryl methyl sites for hydroxylation is 1. The van der Waals surface area contributed by atoms with E-state index in [1.807, 2.05) is 23.6 Å². The Morgan fingerprint density at radius 2 is 2.23 bits per heavy atom. The lowest BCUT2D eigenvalue weighted by Gasteiger charge is -2.15. The molecule has 4 rings (SSSR count). The summed E-state index contributed by atoms with van der Waals surface area (Å²) in [5, 5.41) is 23.1. The van der Waals surface area contributed by atoms with E-state index in [1.54, 1.807) is 18.2 Å². The zero-order chi connectivity index (χ0) is 24.8. The van der Waals surface area contributed by atoms with Crippen molar-refractivity contribution in [3.05, 3.63) is 63.8 Å². The molecule has 7 nitrogen and oxygen atoms in total. The number of carbonyl (C=O) groups is 1. The molecule has 0 spiro atoms. The normalized spacial score (nSPS) is 13.9. The van der Waals surface area contributed by atoms with E-state index in [-0.39, 0.29) is 17.8 Å². The summed E-state index contributed by atoms with van der Waals surface area (Å²) in [6.07, 6.45) is 6.64. The first kappa shape index (κ1) is 25.3. The molecule has 0 saturated carbocycles. The SMILES string of the molecule is C=CCn1c(SCC(=O)Nc2sc3c(c2C#N)CCCCC3)nnc1C(C)Oc1cccc(Cl)c1. The van der Waals surface area contributed by atoms with E-state index in [0.717, 1.165) is 31.2 Å². The molecule has 3 aromatic rings. The molecule has 1 amide bonds. The highest BCUT2D eigenvalue weighted by Gasteiger charge is 2.23. The molecular weight excluding hydrogens is 502 g/mol. The topological polar surface area (TPSA) is 92.8 Å². The summed E-state index contributed by atoms with van der Waals surface area (Å²) in [6, 6.07) is 9.48. The van der Waals surface area contributed by atoms with Crippen LogP contribution in [0.2, 0.25) is 5.02 Å². The van der Waals surface area contributed by atoms with E-state index >= 15 is 0 Å². The van der Waals surface area contributed by atoms with Crippen LogP contribution in [0.25, 0.3) is 0 Å². The van der Waals surface area contributed by atoms with Crippen LogP contribution in [0, 0.1) is 11.3 Å². The molecule has 1 unspecified atom stereocenters. The Kier molecular flexibility index (Phi) is 8.50. The monoisotopic (exact) mass is 527 g/mol. The number of rotatable bonds is 9. The average Bonchev–Trinajstić information content (AvgIpc) is 3.29. The van der Waals surface area contributed by atoms with Gasteiger partial charge in [0.1, 0.15) is 16.8 Å². The van der Waals surface area contributed by atoms with Crippen LogP contribution in [0.3, 0.4) is 0 Å². The molecule has 182 valence electrons. The number of hydrogen-bond acceptors (Lipinski definition) is 7. The first-order valence-corrected chi connectivity index (χ1v) is 13.6. The maximum absolute atomic E-state index is 12.8. The number of amides is 1. The molecule has 1 atom stereocenters. The number of allylic oxidation sites excluding steroid dienone is 1. The first-order valence-electron chi connectivity index (χ1n) is 11.4. The third kappa shape index (κ3) is 6.07. The smallest absolute Gasteiger partial charge is 0.235 e. The summed E-state index contributed by atoms with van der Waals surface area (Å²) in [4.78, 5) is 14.0. The summed E-state index contributed by atoms with van der Waals surface area (Å²) >= 11 is 8.88. The number of aromatic nitrogens is 3. The van der Waals surface area contributed by atoms with E-state index in [9.17, 15) is 10.1 Å². The standard InChI is InChI=1S/C25H26ClN5O2S2/c1-3-12-31-23(16(2)33-18-9-7-8-17(26)13-18)29-30-25(31)34-15-22(32)28-24-20(14-27)19-10-5-4-6-11-21(19)35-24/h3,7-9,13,16H,1,4-6,10-12,15H2,2H3,(H,28,32). The molecule has 0 aliphatic heterocycles. The molecule has 1 aromatic carbocycles. The van der Waals surface area contributed by atoms with Crippen LogP contribution in [0.1, 0.15) is 54.1 Å². The van der Waals surface area contributed by atoms with Crippen LogP contribution in [0.15, 0.2) is 42.1 Å². The molecule has 1 aliphatic rings. The van der Waals surface area contributed by atoms with Crippen LogP contribution in [0.4, 0.5) is 5.00 Å². The lowest BCUT2D eigenvalue weighted by atomic mass is 10.1. The Morgan fingerprint density at radius 3 is 3.00 bits per heavy atom. The predicted molar refractivity (Wildman–Crippen MR) is 140 cm³/mol. The number of carbonyl (C=O) groups excluding carboxylic acids is 1. The third-order valence-corrected chi connectivity index (χ3v) is 8.06. The van der Waals surface area contributed by atoms with Gasteiger partial charge in [0.15, 0.2) is 17.1 Å². The van der Waals surface area contributed by atoms with E-state index in [2.05, 4.69) is 28.2 Å². The van der Waals surface area contributed by atoms with Gasteiger partial charge in [-0.2, -0.15) is 5.26 Å². The maximum atomic E-state index is 12.8. The predicted octanol–water partition coefficient (Wildman–Crippen LogP) is 6.19. The fourth-order valence-electron chi connectivity index (χ4n) is 4.05. The number of nitrogens with zero attached hydrogens (tertiary/aromatic N) is 4. The number of hydrogen-bond donors (Lipinski definition) is 1. The molecule has 0 radical (unpaired) electrons. The Balaban J connectivity index is 1.43. The lowest BCUT2D eigenvalue weighted by Crippen LogP contribution is -2.15. The van der Waals surface area contributed by atoms with Crippen molar-refractivity contribution < 1.29 is 9.53 Å². The van der Waals surface area contributed by atoms with Crippen LogP contribution in [-0.2, 0) is 24.2 Å². The molecule has 1 aliphatic carbocycles. The second kappa shape index (κ2) is 11.8. The van der Waals surface area contributed by atoms with Gasteiger partial charge in [-0.1, -0.05) is 41.9 Å². The fraction of sp³-hybridized carbons (Fsp3) is 0.360. The van der Waals surface area contributed by atoms with Gasteiger partial charge in [-0.3, -0.25) is 9.36 Å². The summed E-state index contributed by atoms with van der Waals surface area (Å²) in [5.41, 5.74) is 1.73. The van der Waals surface area contributed by atoms with Crippen molar-refractivity contribution >= 4 is 45.6 Å². The zero-order valence-corrected chi connectivity index (χ0v) is 21.8. The van der Waals surface area contributed by atoms with Crippen molar-refractivity contribution in [2.24, 2.45) is 0 Å². The highest BCUT2D eigenvalue weighted by molar-refractivity contribution is 7.99. The van der Waals surface area contributed by atoms with Crippen molar-refractivity contribution in [3.63, 3.8) is 0 Å². The van der Waals surface area contributed by atoms with Crippen LogP contribution in [0.5, 0.6) is 5.75 Å². The van der Waals surface area contributed by atoms with E-state index in [0.29, 0.717) is 38.9 Å². The van der Waals surface area contributed by atoms with Crippen molar-refractivity contribution in [1.29, 1.82) is 5.26 Å². The molecule has 0 bridgehead atoms. The van der Waals surface area contributed by atoms with E-state index in [1.165, 1.54) is 34.4 Å². The van der Waals surface area contributed by atoms with Gasteiger partial charge in [-0.15, -0.1) is 28.1 Å². The van der Waals surface area contributed by atoms with E-state index < -0.39 is 0 Å². The van der Waals surface area contributed by atoms with Crippen molar-refractivity contribution in [2.45, 2.75) is 56.8 Å². The van der Waals surface area contributed by atoms with Gasteiger partial charge in [-0.25, -0.2) is 0 Å². The van der Waals surface area contributed by atoms with Crippen molar-refractivity contribution in [2.75, 3.05) is 11.1 Å². The molecule has 1 N–H and O–H groups in total. The molecule has 2 heterocycles. The fourth-order valence-corrected chi connectivity index (χ4v) is 6.24. The van der Waals surface area contributed by atoms with Gasteiger partial charge in [0.05, 0.1) is 11.3 Å². The van der Waals surface area contributed by atoms with Crippen LogP contribution < -0.4 is 10.1 Å². The van der Waals surface area contributed by atoms with Gasteiger partial charge < -0.3 is 10.1 Å². The third-order valence-electron chi connectivity index (χ3n) is 5.65. The maximum Gasteiger partial charge on any atom is 0.235 e. The Labute approximate surface area is 218 Å². The quantitative estimate of drug-likeness (QED) is 0.202. The summed E-state index contributed by atoms with van der Waals surface area (Å²) in [5.74, 6) is 1.23. The second-order valence-corrected chi connectivity index (χ2v) is 10.7. The Bertz CT molecular complexity index is 1260. The van der Waals surface area contributed by atoms with Crippen LogP contribution >= 0.6 is 34.7 Å². The van der Waals surface area contributed by atoms with Gasteiger partial charge in [0, 0.05) is 16.4 Å². The second-order valence-electron chi connectivity index (χ2n) is 8.17. The summed E-state index contributed by atoms with van der Waals surface area (Å²) in [6.45, 7) is 6.19. The minimum atomic E-state index is -0.385. The van der Waals surface area contributed by atoms with Gasteiger partial charge in [0.2, 0.25) is 5.91 Å².